The monoisotopic (exact) mass is 620 g/mol. The zero-order valence-corrected chi connectivity index (χ0v) is 25.0. The van der Waals surface area contributed by atoms with Crippen LogP contribution in [-0.4, -0.2) is 49.1 Å². The van der Waals surface area contributed by atoms with Gasteiger partial charge in [-0.05, 0) is 49.2 Å². The van der Waals surface area contributed by atoms with E-state index in [1.165, 1.54) is 54.1 Å². The number of nitrogens with one attached hydrogen (secondary N) is 2. The fraction of sp³-hybridized carbons (Fsp3) is 0.346. The molecule has 2 aromatic heterocycles. The smallest absolute Gasteiger partial charge is 0.234 e. The van der Waals surface area contributed by atoms with E-state index >= 15 is 0 Å². The topological polar surface area (TPSA) is 102 Å². The maximum Gasteiger partial charge on any atom is 0.234 e. The zero-order chi connectivity index (χ0) is 27.4. The highest BCUT2D eigenvalue weighted by Crippen LogP contribution is 2.32. The third-order valence-corrected chi connectivity index (χ3v) is 10.0. The van der Waals surface area contributed by atoms with Crippen LogP contribution in [0.25, 0.3) is 21.6 Å². The van der Waals surface area contributed by atoms with Crippen LogP contribution in [0.2, 0.25) is 10.0 Å². The molecule has 1 saturated carbocycles. The van der Waals surface area contributed by atoms with Gasteiger partial charge in [-0.25, -0.2) is 4.98 Å². The quantitative estimate of drug-likeness (QED) is 0.201. The molecule has 0 atom stereocenters. The van der Waals surface area contributed by atoms with Crippen molar-refractivity contribution in [1.29, 1.82) is 0 Å². The summed E-state index contributed by atoms with van der Waals surface area (Å²) in [5, 5.41) is 16.1. The maximum absolute atomic E-state index is 12.7. The average Bonchev–Trinajstić information content (AvgIpc) is 3.49. The Morgan fingerprint density at radius 1 is 1.03 bits per heavy atom. The molecule has 2 amide bonds. The normalized spacial score (nSPS) is 14.0. The minimum absolute atomic E-state index is 0.0582. The van der Waals surface area contributed by atoms with Crippen LogP contribution in [0, 0.1) is 0 Å². The van der Waals surface area contributed by atoms with Crippen molar-refractivity contribution < 1.29 is 9.59 Å². The van der Waals surface area contributed by atoms with Crippen molar-refractivity contribution in [2.75, 3.05) is 16.8 Å². The molecule has 0 spiro atoms. The van der Waals surface area contributed by atoms with E-state index in [2.05, 4.69) is 25.8 Å². The van der Waals surface area contributed by atoms with Crippen molar-refractivity contribution in [3.8, 4) is 11.4 Å². The molecule has 2 aromatic carbocycles. The molecular formula is C26H26Cl2N6O2S3. The molecule has 0 bridgehead atoms. The van der Waals surface area contributed by atoms with Gasteiger partial charge in [0.2, 0.25) is 11.8 Å². The van der Waals surface area contributed by atoms with E-state index in [0.717, 1.165) is 27.4 Å². The number of carbonyl (C=O) groups is 2. The van der Waals surface area contributed by atoms with E-state index in [-0.39, 0.29) is 17.6 Å². The molecule has 2 heterocycles. The minimum Gasteiger partial charge on any atom is -0.353 e. The SMILES string of the molecule is Cn1c(SCC(=O)Nc2ccc3nc(SCC(=O)NC4CCCCC4)sc3c2)nnc1-c1ccc(Cl)cc1Cl. The molecule has 0 aliphatic heterocycles. The number of amides is 2. The lowest BCUT2D eigenvalue weighted by molar-refractivity contribution is -0.119. The number of nitrogens with zero attached hydrogens (tertiary/aromatic N) is 4. The summed E-state index contributed by atoms with van der Waals surface area (Å²) in [5.41, 5.74) is 2.25. The standard InChI is InChI=1S/C26H26Cl2N6O2S3/c1-34-24(18-9-7-15(27)11-19(18)28)32-33-25(34)37-13-22(35)30-17-8-10-20-21(12-17)39-26(31-20)38-14-23(36)29-16-5-3-2-4-6-16/h7-12,16H,2-6,13-14H2,1H3,(H,29,36)(H,30,35). The average molecular weight is 622 g/mol. The van der Waals surface area contributed by atoms with Gasteiger partial charge in [0.25, 0.3) is 0 Å². The molecular weight excluding hydrogens is 595 g/mol. The number of fused-ring (bicyclic) bond motifs is 1. The number of anilines is 1. The predicted molar refractivity (Wildman–Crippen MR) is 161 cm³/mol. The first-order chi connectivity index (χ1) is 18.9. The van der Waals surface area contributed by atoms with Gasteiger partial charge in [0.15, 0.2) is 15.3 Å². The molecule has 8 nitrogen and oxygen atoms in total. The van der Waals surface area contributed by atoms with Crippen LogP contribution in [0.5, 0.6) is 0 Å². The van der Waals surface area contributed by atoms with Crippen molar-refractivity contribution in [3.05, 3.63) is 46.4 Å². The molecule has 1 aliphatic rings. The van der Waals surface area contributed by atoms with Gasteiger partial charge in [-0.15, -0.1) is 21.5 Å². The Morgan fingerprint density at radius 2 is 1.82 bits per heavy atom. The summed E-state index contributed by atoms with van der Waals surface area (Å²) in [7, 11) is 1.83. The highest BCUT2D eigenvalue weighted by Gasteiger charge is 2.18. The van der Waals surface area contributed by atoms with E-state index in [4.69, 9.17) is 23.2 Å². The van der Waals surface area contributed by atoms with Crippen molar-refractivity contribution in [3.63, 3.8) is 0 Å². The predicted octanol–water partition coefficient (Wildman–Crippen LogP) is 6.67. The third-order valence-electron chi connectivity index (χ3n) is 6.29. The first kappa shape index (κ1) is 28.2. The highest BCUT2D eigenvalue weighted by atomic mass is 35.5. The second kappa shape index (κ2) is 12.9. The lowest BCUT2D eigenvalue weighted by Gasteiger charge is -2.22. The molecule has 0 radical (unpaired) electrons. The van der Waals surface area contributed by atoms with Gasteiger partial charge in [-0.3, -0.25) is 9.59 Å². The number of thioether (sulfide) groups is 2. The van der Waals surface area contributed by atoms with Crippen LogP contribution in [0.1, 0.15) is 32.1 Å². The largest absolute Gasteiger partial charge is 0.353 e. The van der Waals surface area contributed by atoms with Crippen LogP contribution in [-0.2, 0) is 16.6 Å². The Hall–Kier alpha value is -2.31. The fourth-order valence-electron chi connectivity index (χ4n) is 4.36. The third kappa shape index (κ3) is 7.26. The van der Waals surface area contributed by atoms with E-state index < -0.39 is 0 Å². The molecule has 5 rings (SSSR count). The van der Waals surface area contributed by atoms with Crippen LogP contribution in [0.15, 0.2) is 45.9 Å². The second-order valence-electron chi connectivity index (χ2n) is 9.18. The van der Waals surface area contributed by atoms with Gasteiger partial charge in [-0.2, -0.15) is 0 Å². The van der Waals surface area contributed by atoms with Crippen LogP contribution >= 0.6 is 58.1 Å². The summed E-state index contributed by atoms with van der Waals surface area (Å²) >= 11 is 16.6. The van der Waals surface area contributed by atoms with Gasteiger partial charge >= 0.3 is 0 Å². The molecule has 39 heavy (non-hydrogen) atoms. The van der Waals surface area contributed by atoms with Gasteiger partial charge < -0.3 is 15.2 Å². The summed E-state index contributed by atoms with van der Waals surface area (Å²) in [4.78, 5) is 29.6. The number of halogens is 2. The molecule has 4 aromatic rings. The molecule has 0 unspecified atom stereocenters. The first-order valence-electron chi connectivity index (χ1n) is 12.5. The Labute approximate surface area is 248 Å². The Morgan fingerprint density at radius 3 is 2.62 bits per heavy atom. The second-order valence-corrected chi connectivity index (χ2v) is 13.2. The Balaban J connectivity index is 1.14. The molecule has 13 heteroatoms. The van der Waals surface area contributed by atoms with Crippen molar-refractivity contribution in [2.24, 2.45) is 7.05 Å². The fourth-order valence-corrected chi connectivity index (χ4v) is 7.48. The number of carbonyl (C=O) groups excluding carboxylic acids is 2. The number of aromatic nitrogens is 4. The maximum atomic E-state index is 12.7. The lowest BCUT2D eigenvalue weighted by atomic mass is 9.95. The number of rotatable bonds is 9. The zero-order valence-electron chi connectivity index (χ0n) is 21.1. The summed E-state index contributed by atoms with van der Waals surface area (Å²) in [5.74, 6) is 1.01. The highest BCUT2D eigenvalue weighted by molar-refractivity contribution is 8.01. The van der Waals surface area contributed by atoms with Crippen LogP contribution < -0.4 is 10.6 Å². The summed E-state index contributed by atoms with van der Waals surface area (Å²) in [6.45, 7) is 0. The van der Waals surface area contributed by atoms with E-state index in [1.807, 2.05) is 25.2 Å². The summed E-state index contributed by atoms with van der Waals surface area (Å²) < 4.78 is 3.58. The molecule has 0 saturated heterocycles. The summed E-state index contributed by atoms with van der Waals surface area (Å²) in [6.07, 6.45) is 5.78. The van der Waals surface area contributed by atoms with Crippen molar-refractivity contribution in [2.45, 2.75) is 47.6 Å². The minimum atomic E-state index is -0.160. The van der Waals surface area contributed by atoms with Gasteiger partial charge in [0.05, 0.1) is 26.7 Å². The summed E-state index contributed by atoms with van der Waals surface area (Å²) in [6, 6.07) is 11.1. The Kier molecular flexibility index (Phi) is 9.34. The number of benzene rings is 2. The number of thiazole rings is 1. The molecule has 1 fully saturated rings. The number of hydrogen-bond acceptors (Lipinski definition) is 8. The lowest BCUT2D eigenvalue weighted by Crippen LogP contribution is -2.37. The molecule has 1 aliphatic carbocycles. The van der Waals surface area contributed by atoms with Crippen LogP contribution in [0.4, 0.5) is 5.69 Å². The van der Waals surface area contributed by atoms with Crippen molar-refractivity contribution in [1.82, 2.24) is 25.1 Å². The van der Waals surface area contributed by atoms with Gasteiger partial charge in [-0.1, -0.05) is 66.0 Å². The first-order valence-corrected chi connectivity index (χ1v) is 16.0. The van der Waals surface area contributed by atoms with Gasteiger partial charge in [0, 0.05) is 29.4 Å². The van der Waals surface area contributed by atoms with Gasteiger partial charge in [0.1, 0.15) is 0 Å². The molecule has 2 N–H and O–H groups in total. The Bertz CT molecular complexity index is 1500. The molecule has 204 valence electrons. The number of hydrogen-bond donors (Lipinski definition) is 2. The van der Waals surface area contributed by atoms with E-state index in [1.54, 1.807) is 22.8 Å². The van der Waals surface area contributed by atoms with E-state index in [0.29, 0.717) is 44.1 Å². The van der Waals surface area contributed by atoms with Crippen molar-refractivity contribution >= 4 is 85.8 Å². The van der Waals surface area contributed by atoms with Crippen LogP contribution in [0.3, 0.4) is 0 Å². The van der Waals surface area contributed by atoms with E-state index in [9.17, 15) is 9.59 Å².